The number of anilines is 1. The molecule has 0 radical (unpaired) electrons. The molecule has 1 fully saturated rings. The molecule has 1 saturated heterocycles. The van der Waals surface area contributed by atoms with E-state index in [-0.39, 0.29) is 17.4 Å². The van der Waals surface area contributed by atoms with Gasteiger partial charge >= 0.3 is 5.91 Å². The van der Waals surface area contributed by atoms with Crippen LogP contribution in [0, 0.1) is 13.8 Å². The van der Waals surface area contributed by atoms with Crippen LogP contribution in [-0.4, -0.2) is 33.1 Å². The van der Waals surface area contributed by atoms with Gasteiger partial charge < -0.3 is 9.84 Å². The second-order valence-corrected chi connectivity index (χ2v) is 9.30. The van der Waals surface area contributed by atoms with Gasteiger partial charge in [0.25, 0.3) is 5.78 Å². The molecule has 7 nitrogen and oxygen atoms in total. The number of ether oxygens (including phenoxy) is 1. The smallest absolute Gasteiger partial charge is 0.301 e. The van der Waals surface area contributed by atoms with E-state index in [9.17, 15) is 14.7 Å². The summed E-state index contributed by atoms with van der Waals surface area (Å²) in [6.07, 6.45) is 0.775. The van der Waals surface area contributed by atoms with Gasteiger partial charge in [0.2, 0.25) is 5.13 Å². The third-order valence-corrected chi connectivity index (χ3v) is 6.57. The number of aliphatic hydroxyl groups excluding tert-OH is 1. The van der Waals surface area contributed by atoms with E-state index >= 15 is 0 Å². The molecule has 3 aromatic rings. The minimum atomic E-state index is -0.800. The van der Waals surface area contributed by atoms with E-state index < -0.39 is 17.7 Å². The Morgan fingerprint density at radius 3 is 2.56 bits per heavy atom. The summed E-state index contributed by atoms with van der Waals surface area (Å²) in [7, 11) is 0. The molecule has 1 amide bonds. The largest absolute Gasteiger partial charge is 0.507 e. The number of aliphatic hydroxyl groups is 1. The Bertz CT molecular complexity index is 1280. The van der Waals surface area contributed by atoms with Gasteiger partial charge in [-0.2, -0.15) is 0 Å². The zero-order valence-electron chi connectivity index (χ0n) is 17.8. The fraction of sp³-hybridized carbons (Fsp3) is 0.250. The molecule has 2 aliphatic rings. The predicted octanol–water partition coefficient (Wildman–Crippen LogP) is 4.10. The number of Topliss-reactive ketones (excluding diaryl/α,β-unsaturated/α-hetero) is 1. The number of carbonyl (C=O) groups is 2. The lowest BCUT2D eigenvalue weighted by Gasteiger charge is -2.22. The van der Waals surface area contributed by atoms with Gasteiger partial charge in [-0.05, 0) is 50.1 Å². The van der Waals surface area contributed by atoms with Crippen LogP contribution in [0.25, 0.3) is 5.76 Å². The predicted molar refractivity (Wildman–Crippen MR) is 121 cm³/mol. The highest BCUT2D eigenvalue weighted by Gasteiger charge is 2.48. The van der Waals surface area contributed by atoms with Gasteiger partial charge in [0.05, 0.1) is 11.6 Å². The maximum absolute atomic E-state index is 13.2. The fourth-order valence-corrected chi connectivity index (χ4v) is 4.92. The highest BCUT2D eigenvalue weighted by Crippen LogP contribution is 2.43. The summed E-state index contributed by atoms with van der Waals surface area (Å²) >= 11 is 1.23. The summed E-state index contributed by atoms with van der Waals surface area (Å²) in [5, 5.41) is 20.4. The molecular formula is C24H21N3O4S. The molecule has 2 aliphatic heterocycles. The molecule has 2 atom stereocenters. The first-order valence-corrected chi connectivity index (χ1v) is 11.1. The van der Waals surface area contributed by atoms with Gasteiger partial charge in [0.15, 0.2) is 0 Å². The summed E-state index contributed by atoms with van der Waals surface area (Å²) < 4.78 is 5.74. The number of fused-ring (bicyclic) bond motifs is 1. The van der Waals surface area contributed by atoms with Gasteiger partial charge in [-0.15, -0.1) is 10.2 Å². The Kier molecular flexibility index (Phi) is 4.82. The number of amides is 1. The first-order valence-electron chi connectivity index (χ1n) is 10.3. The lowest BCUT2D eigenvalue weighted by atomic mass is 9.94. The Hall–Kier alpha value is -3.52. The number of hydrogen-bond donors (Lipinski definition) is 1. The SMILES string of the molecule is Cc1ccc([C@@H]2/C(=C(\O)c3ccc4c(c3)C[C@H](C)O4)C(=O)C(=O)N2c2nnc(C)s2)cc1. The highest BCUT2D eigenvalue weighted by molar-refractivity contribution is 7.15. The van der Waals surface area contributed by atoms with Gasteiger partial charge in [-0.25, -0.2) is 0 Å². The highest BCUT2D eigenvalue weighted by atomic mass is 32.1. The van der Waals surface area contributed by atoms with Crippen molar-refractivity contribution in [3.8, 4) is 5.75 Å². The number of benzene rings is 2. The number of carbonyl (C=O) groups excluding carboxylic acids is 2. The van der Waals surface area contributed by atoms with Crippen LogP contribution in [0.2, 0.25) is 0 Å². The third kappa shape index (κ3) is 3.27. The molecule has 0 saturated carbocycles. The number of aryl methyl sites for hydroxylation is 2. The number of rotatable bonds is 3. The molecule has 1 N–H and O–H groups in total. The van der Waals surface area contributed by atoms with Crippen LogP contribution in [-0.2, 0) is 16.0 Å². The molecule has 3 heterocycles. The maximum atomic E-state index is 13.2. The van der Waals surface area contributed by atoms with Crippen molar-refractivity contribution in [1.29, 1.82) is 0 Å². The van der Waals surface area contributed by atoms with Crippen molar-refractivity contribution in [2.75, 3.05) is 4.90 Å². The molecule has 0 aliphatic carbocycles. The van der Waals surface area contributed by atoms with Crippen molar-refractivity contribution in [3.05, 3.63) is 75.3 Å². The van der Waals surface area contributed by atoms with Crippen molar-refractivity contribution in [2.24, 2.45) is 0 Å². The van der Waals surface area contributed by atoms with Crippen molar-refractivity contribution in [1.82, 2.24) is 10.2 Å². The second-order valence-electron chi connectivity index (χ2n) is 8.14. The summed E-state index contributed by atoms with van der Waals surface area (Å²) in [5.41, 5.74) is 3.23. The monoisotopic (exact) mass is 447 g/mol. The summed E-state index contributed by atoms with van der Waals surface area (Å²) in [6, 6.07) is 12.1. The molecule has 8 heteroatoms. The molecule has 162 valence electrons. The molecule has 32 heavy (non-hydrogen) atoms. The summed E-state index contributed by atoms with van der Waals surface area (Å²) in [6.45, 7) is 5.72. The summed E-state index contributed by atoms with van der Waals surface area (Å²) in [5.74, 6) is -0.911. The number of ketones is 1. The Labute approximate surface area is 189 Å². The Morgan fingerprint density at radius 1 is 1.12 bits per heavy atom. The molecule has 0 unspecified atom stereocenters. The first kappa shape index (κ1) is 20.4. The van der Waals surface area contributed by atoms with Gasteiger partial charge in [-0.3, -0.25) is 14.5 Å². The lowest BCUT2D eigenvalue weighted by molar-refractivity contribution is -0.132. The normalized spacial score (nSPS) is 21.7. The minimum Gasteiger partial charge on any atom is -0.507 e. The Balaban J connectivity index is 1.68. The zero-order valence-corrected chi connectivity index (χ0v) is 18.6. The molecule has 2 aromatic carbocycles. The van der Waals surface area contributed by atoms with Gasteiger partial charge in [-0.1, -0.05) is 41.2 Å². The second kappa shape index (κ2) is 7.56. The number of aromatic nitrogens is 2. The average Bonchev–Trinajstić information content (AvgIpc) is 3.43. The van der Waals surface area contributed by atoms with Gasteiger partial charge in [0, 0.05) is 12.0 Å². The van der Waals surface area contributed by atoms with Crippen LogP contribution in [0.5, 0.6) is 5.75 Å². The molecular weight excluding hydrogens is 426 g/mol. The van der Waals surface area contributed by atoms with E-state index in [2.05, 4.69) is 10.2 Å². The number of nitrogens with zero attached hydrogens (tertiary/aromatic N) is 3. The van der Waals surface area contributed by atoms with Crippen molar-refractivity contribution >= 4 is 33.9 Å². The van der Waals surface area contributed by atoms with Gasteiger partial charge in [0.1, 0.15) is 22.6 Å². The molecule has 5 rings (SSSR count). The van der Waals surface area contributed by atoms with Crippen molar-refractivity contribution in [3.63, 3.8) is 0 Å². The van der Waals surface area contributed by atoms with E-state index in [1.165, 1.54) is 16.2 Å². The lowest BCUT2D eigenvalue weighted by Crippen LogP contribution is -2.29. The first-order chi connectivity index (χ1) is 15.3. The van der Waals surface area contributed by atoms with Crippen LogP contribution < -0.4 is 9.64 Å². The van der Waals surface area contributed by atoms with Crippen molar-refractivity contribution < 1.29 is 19.4 Å². The maximum Gasteiger partial charge on any atom is 0.301 e. The quantitative estimate of drug-likeness (QED) is 0.369. The van der Waals surface area contributed by atoms with Crippen LogP contribution >= 0.6 is 11.3 Å². The van der Waals surface area contributed by atoms with Crippen LogP contribution in [0.3, 0.4) is 0 Å². The van der Waals surface area contributed by atoms with Crippen LogP contribution in [0.1, 0.15) is 40.2 Å². The average molecular weight is 448 g/mol. The van der Waals surface area contributed by atoms with E-state index in [1.807, 2.05) is 44.2 Å². The summed E-state index contributed by atoms with van der Waals surface area (Å²) in [4.78, 5) is 27.6. The van der Waals surface area contributed by atoms with Crippen LogP contribution in [0.15, 0.2) is 48.0 Å². The van der Waals surface area contributed by atoms with E-state index in [0.29, 0.717) is 21.3 Å². The third-order valence-electron chi connectivity index (χ3n) is 5.73. The standard InChI is InChI=1S/C24H21N3O4S/c1-12-4-6-15(7-5-12)20-19(22(29)23(30)27(20)24-26-25-14(3)32-24)21(28)16-8-9-18-17(11-16)10-13(2)31-18/h4-9,11,13,20,28H,10H2,1-3H3/b21-19+/t13-,20+/m0/s1. The van der Waals surface area contributed by atoms with E-state index in [1.54, 1.807) is 19.1 Å². The molecule has 0 bridgehead atoms. The zero-order chi connectivity index (χ0) is 22.6. The van der Waals surface area contributed by atoms with E-state index in [0.717, 1.165) is 23.3 Å². The minimum absolute atomic E-state index is 0.0404. The topological polar surface area (TPSA) is 92.6 Å². The molecule has 1 aromatic heterocycles. The Morgan fingerprint density at radius 2 is 1.88 bits per heavy atom. The fourth-order valence-electron chi connectivity index (χ4n) is 4.20. The van der Waals surface area contributed by atoms with Crippen molar-refractivity contribution in [2.45, 2.75) is 39.3 Å². The van der Waals surface area contributed by atoms with Crippen LogP contribution in [0.4, 0.5) is 5.13 Å². The number of hydrogen-bond acceptors (Lipinski definition) is 7. The van der Waals surface area contributed by atoms with E-state index in [4.69, 9.17) is 4.74 Å². The molecule has 0 spiro atoms.